The van der Waals surface area contributed by atoms with Crippen LogP contribution in [0.3, 0.4) is 0 Å². The van der Waals surface area contributed by atoms with Gasteiger partial charge in [-0.3, -0.25) is 29.9 Å². The molecule has 0 radical (unpaired) electrons. The molecular formula is C22H22N4O4. The second kappa shape index (κ2) is 8.08. The van der Waals surface area contributed by atoms with Crippen LogP contribution in [-0.4, -0.2) is 34.7 Å². The van der Waals surface area contributed by atoms with Crippen LogP contribution in [0, 0.1) is 6.92 Å². The monoisotopic (exact) mass is 406 g/mol. The number of imide groups is 2. The Bertz CT molecular complexity index is 1030. The fourth-order valence-electron chi connectivity index (χ4n) is 3.79. The zero-order valence-electron chi connectivity index (χ0n) is 16.5. The molecule has 2 aromatic rings. The van der Waals surface area contributed by atoms with Gasteiger partial charge in [0.1, 0.15) is 0 Å². The Balaban J connectivity index is 1.38. The van der Waals surface area contributed by atoms with Gasteiger partial charge in [-0.2, -0.15) is 0 Å². The number of carbonyl (C=O) groups excluding carboxylic acids is 4. The van der Waals surface area contributed by atoms with Crippen LogP contribution in [-0.2, 0) is 22.7 Å². The SMILES string of the molecule is Cc1ccc(NC(=O)NC(=O)c2ccc3c(c2)CN(C2CCC(=O)NC2=O)C3)cc1. The summed E-state index contributed by atoms with van der Waals surface area (Å²) in [6, 6.07) is 11.6. The number of piperidine rings is 1. The van der Waals surface area contributed by atoms with Crippen molar-refractivity contribution < 1.29 is 19.2 Å². The molecule has 1 saturated heterocycles. The third-order valence-corrected chi connectivity index (χ3v) is 5.40. The number of carbonyl (C=O) groups is 4. The molecule has 154 valence electrons. The van der Waals surface area contributed by atoms with Gasteiger partial charge in [0.25, 0.3) is 5.91 Å². The lowest BCUT2D eigenvalue weighted by atomic mass is 10.0. The van der Waals surface area contributed by atoms with Crippen LogP contribution >= 0.6 is 0 Å². The van der Waals surface area contributed by atoms with Crippen molar-refractivity contribution in [3.8, 4) is 0 Å². The largest absolute Gasteiger partial charge is 0.326 e. The number of nitrogens with zero attached hydrogens (tertiary/aromatic N) is 1. The maximum Gasteiger partial charge on any atom is 0.326 e. The average molecular weight is 406 g/mol. The number of urea groups is 1. The van der Waals surface area contributed by atoms with Crippen molar-refractivity contribution in [2.45, 2.75) is 38.9 Å². The minimum Gasteiger partial charge on any atom is -0.308 e. The summed E-state index contributed by atoms with van der Waals surface area (Å²) >= 11 is 0. The van der Waals surface area contributed by atoms with E-state index >= 15 is 0 Å². The summed E-state index contributed by atoms with van der Waals surface area (Å²) in [7, 11) is 0. The van der Waals surface area contributed by atoms with Crippen molar-refractivity contribution in [3.63, 3.8) is 0 Å². The number of nitrogens with one attached hydrogen (secondary N) is 3. The molecule has 30 heavy (non-hydrogen) atoms. The predicted octanol–water partition coefficient (Wildman–Crippen LogP) is 2.08. The molecule has 0 bridgehead atoms. The van der Waals surface area contributed by atoms with Crippen LogP contribution in [0.2, 0.25) is 0 Å². The van der Waals surface area contributed by atoms with E-state index in [2.05, 4.69) is 16.0 Å². The fourth-order valence-corrected chi connectivity index (χ4v) is 3.79. The first kappa shape index (κ1) is 19.8. The molecule has 1 fully saturated rings. The van der Waals surface area contributed by atoms with Gasteiger partial charge in [0.15, 0.2) is 0 Å². The van der Waals surface area contributed by atoms with Crippen LogP contribution < -0.4 is 16.0 Å². The highest BCUT2D eigenvalue weighted by molar-refractivity contribution is 6.08. The van der Waals surface area contributed by atoms with Gasteiger partial charge >= 0.3 is 6.03 Å². The average Bonchev–Trinajstić information content (AvgIpc) is 3.12. The van der Waals surface area contributed by atoms with Crippen molar-refractivity contribution in [2.75, 3.05) is 5.32 Å². The van der Waals surface area contributed by atoms with Gasteiger partial charge in [-0.1, -0.05) is 23.8 Å². The molecule has 2 heterocycles. The van der Waals surface area contributed by atoms with Gasteiger partial charge in [-0.05, 0) is 48.7 Å². The molecule has 1 atom stereocenters. The Labute approximate surface area is 173 Å². The van der Waals surface area contributed by atoms with E-state index in [0.717, 1.165) is 16.7 Å². The molecule has 1 unspecified atom stereocenters. The molecule has 0 saturated carbocycles. The van der Waals surface area contributed by atoms with E-state index in [9.17, 15) is 19.2 Å². The number of aryl methyl sites for hydroxylation is 1. The van der Waals surface area contributed by atoms with Gasteiger partial charge in [-0.25, -0.2) is 4.79 Å². The lowest BCUT2D eigenvalue weighted by molar-refractivity contribution is -0.137. The Hall–Kier alpha value is -3.52. The molecule has 3 N–H and O–H groups in total. The maximum absolute atomic E-state index is 12.5. The standard InChI is InChI=1S/C22H22N4O4/c1-13-2-6-17(7-3-13)23-22(30)25-20(28)14-4-5-15-11-26(12-16(15)10-14)18-8-9-19(27)24-21(18)29/h2-7,10,18H,8-9,11-12H2,1H3,(H,24,27,29)(H2,23,25,28,30). The van der Waals surface area contributed by atoms with Gasteiger partial charge < -0.3 is 5.32 Å². The summed E-state index contributed by atoms with van der Waals surface area (Å²) in [5.74, 6) is -1.01. The van der Waals surface area contributed by atoms with Crippen LogP contribution in [0.4, 0.5) is 10.5 Å². The first-order valence-electron chi connectivity index (χ1n) is 9.77. The number of rotatable bonds is 3. The number of amides is 5. The van der Waals surface area contributed by atoms with E-state index in [1.54, 1.807) is 24.3 Å². The fraction of sp³-hybridized carbons (Fsp3) is 0.273. The lowest BCUT2D eigenvalue weighted by Crippen LogP contribution is -2.50. The topological polar surface area (TPSA) is 108 Å². The third-order valence-electron chi connectivity index (χ3n) is 5.40. The number of fused-ring (bicyclic) bond motifs is 1. The highest BCUT2D eigenvalue weighted by atomic mass is 16.2. The molecule has 0 aliphatic carbocycles. The molecule has 0 aromatic heterocycles. The van der Waals surface area contributed by atoms with E-state index < -0.39 is 11.9 Å². The Morgan fingerprint density at radius 1 is 1.03 bits per heavy atom. The van der Waals surface area contributed by atoms with E-state index in [0.29, 0.717) is 37.2 Å². The Morgan fingerprint density at radius 3 is 2.50 bits per heavy atom. The summed E-state index contributed by atoms with van der Waals surface area (Å²) < 4.78 is 0. The Kier molecular flexibility index (Phi) is 5.33. The minimum absolute atomic E-state index is 0.240. The highest BCUT2D eigenvalue weighted by Crippen LogP contribution is 2.28. The van der Waals surface area contributed by atoms with Gasteiger partial charge in [0, 0.05) is 30.8 Å². The predicted molar refractivity (Wildman–Crippen MR) is 110 cm³/mol. The maximum atomic E-state index is 12.5. The molecule has 8 nitrogen and oxygen atoms in total. The zero-order valence-corrected chi connectivity index (χ0v) is 16.5. The summed E-state index contributed by atoms with van der Waals surface area (Å²) in [5.41, 5.74) is 4.01. The number of benzene rings is 2. The van der Waals surface area contributed by atoms with Crippen LogP contribution in [0.5, 0.6) is 0 Å². The summed E-state index contributed by atoms with van der Waals surface area (Å²) in [4.78, 5) is 50.1. The van der Waals surface area contributed by atoms with Crippen molar-refractivity contribution >= 4 is 29.4 Å². The smallest absolute Gasteiger partial charge is 0.308 e. The van der Waals surface area contributed by atoms with E-state index in [1.165, 1.54) is 0 Å². The first-order valence-corrected chi connectivity index (χ1v) is 9.77. The molecule has 0 spiro atoms. The molecule has 2 aliphatic heterocycles. The molecule has 2 aromatic carbocycles. The number of hydrogen-bond donors (Lipinski definition) is 3. The lowest BCUT2D eigenvalue weighted by Gasteiger charge is -2.29. The van der Waals surface area contributed by atoms with Crippen LogP contribution in [0.15, 0.2) is 42.5 Å². The van der Waals surface area contributed by atoms with E-state index in [4.69, 9.17) is 0 Å². The van der Waals surface area contributed by atoms with Crippen molar-refractivity contribution in [2.24, 2.45) is 0 Å². The van der Waals surface area contributed by atoms with Crippen LogP contribution in [0.25, 0.3) is 0 Å². The Morgan fingerprint density at radius 2 is 1.77 bits per heavy atom. The number of hydrogen-bond acceptors (Lipinski definition) is 5. The molecule has 5 amide bonds. The van der Waals surface area contributed by atoms with E-state index in [-0.39, 0.29) is 17.9 Å². The second-order valence-corrected chi connectivity index (χ2v) is 7.63. The normalized spacial score (nSPS) is 18.5. The van der Waals surface area contributed by atoms with Gasteiger partial charge in [-0.15, -0.1) is 0 Å². The van der Waals surface area contributed by atoms with Crippen molar-refractivity contribution in [1.82, 2.24) is 15.5 Å². The quantitative estimate of drug-likeness (QED) is 0.677. The first-order chi connectivity index (χ1) is 14.4. The van der Waals surface area contributed by atoms with Gasteiger partial charge in [0.05, 0.1) is 6.04 Å². The summed E-state index contributed by atoms with van der Waals surface area (Å²) in [6.07, 6.45) is 0.818. The second-order valence-electron chi connectivity index (χ2n) is 7.63. The van der Waals surface area contributed by atoms with Crippen LogP contribution in [0.1, 0.15) is 39.9 Å². The molecular weight excluding hydrogens is 384 g/mol. The molecule has 4 rings (SSSR count). The third kappa shape index (κ3) is 4.23. The molecule has 2 aliphatic rings. The van der Waals surface area contributed by atoms with E-state index in [1.807, 2.05) is 30.0 Å². The van der Waals surface area contributed by atoms with Gasteiger partial charge in [0.2, 0.25) is 11.8 Å². The van der Waals surface area contributed by atoms with Crippen molar-refractivity contribution in [1.29, 1.82) is 0 Å². The minimum atomic E-state index is -0.602. The zero-order chi connectivity index (χ0) is 21.3. The summed E-state index contributed by atoms with van der Waals surface area (Å²) in [5, 5.41) is 7.34. The van der Waals surface area contributed by atoms with Crippen molar-refractivity contribution in [3.05, 3.63) is 64.7 Å². The number of anilines is 1. The highest BCUT2D eigenvalue weighted by Gasteiger charge is 2.34. The molecule has 8 heteroatoms. The summed E-state index contributed by atoms with van der Waals surface area (Å²) in [6.45, 7) is 3.04.